The molecule has 5 nitrogen and oxygen atoms in total. The van der Waals surface area contributed by atoms with E-state index in [9.17, 15) is 0 Å². The number of hydrogen-bond donors (Lipinski definition) is 1. The molecule has 0 bridgehead atoms. The number of aryl methyl sites for hydroxylation is 1. The minimum absolute atomic E-state index is 0.631. The Kier molecular flexibility index (Phi) is 5.98. The van der Waals surface area contributed by atoms with Crippen molar-refractivity contribution in [3.05, 3.63) is 12.2 Å². The molecule has 2 heterocycles. The van der Waals surface area contributed by atoms with Gasteiger partial charge < -0.3 is 5.32 Å². The van der Waals surface area contributed by atoms with Crippen LogP contribution in [0, 0.1) is 0 Å². The molecular formula is C15H29N5. The van der Waals surface area contributed by atoms with E-state index in [0.717, 1.165) is 32.0 Å². The molecule has 114 valence electrons. The lowest BCUT2D eigenvalue weighted by Crippen LogP contribution is -2.56. The van der Waals surface area contributed by atoms with Crippen LogP contribution in [0.5, 0.6) is 0 Å². The van der Waals surface area contributed by atoms with E-state index in [1.165, 1.54) is 25.7 Å². The van der Waals surface area contributed by atoms with E-state index in [0.29, 0.717) is 12.1 Å². The van der Waals surface area contributed by atoms with E-state index in [4.69, 9.17) is 0 Å². The van der Waals surface area contributed by atoms with Crippen molar-refractivity contribution in [2.75, 3.05) is 13.1 Å². The van der Waals surface area contributed by atoms with Crippen LogP contribution in [0.1, 0.15) is 52.3 Å². The van der Waals surface area contributed by atoms with Crippen LogP contribution < -0.4 is 5.32 Å². The van der Waals surface area contributed by atoms with E-state index >= 15 is 0 Å². The zero-order valence-electron chi connectivity index (χ0n) is 13.2. The Hall–Kier alpha value is -0.940. The summed E-state index contributed by atoms with van der Waals surface area (Å²) in [4.78, 5) is 7.04. The topological polar surface area (TPSA) is 46.0 Å². The Labute approximate surface area is 122 Å². The molecule has 0 radical (unpaired) electrons. The van der Waals surface area contributed by atoms with Gasteiger partial charge in [-0.3, -0.25) is 4.90 Å². The van der Waals surface area contributed by atoms with Crippen molar-refractivity contribution in [1.29, 1.82) is 0 Å². The van der Waals surface area contributed by atoms with Gasteiger partial charge in [0.1, 0.15) is 12.2 Å². The van der Waals surface area contributed by atoms with Gasteiger partial charge >= 0.3 is 0 Å². The predicted molar refractivity (Wildman–Crippen MR) is 81.5 cm³/mol. The molecule has 0 aliphatic carbocycles. The molecule has 1 aromatic heterocycles. The second-order valence-electron chi connectivity index (χ2n) is 5.76. The van der Waals surface area contributed by atoms with Crippen LogP contribution in [0.4, 0.5) is 0 Å². The van der Waals surface area contributed by atoms with Crippen molar-refractivity contribution in [3.63, 3.8) is 0 Å². The first-order valence-corrected chi connectivity index (χ1v) is 8.12. The first kappa shape index (κ1) is 15.4. The molecule has 20 heavy (non-hydrogen) atoms. The SMILES string of the molecule is CCCC1CN(Cc2ncnn2CC)C(CCC)CN1. The summed E-state index contributed by atoms with van der Waals surface area (Å²) in [6.07, 6.45) is 6.68. The summed E-state index contributed by atoms with van der Waals surface area (Å²) in [5.74, 6) is 1.10. The van der Waals surface area contributed by atoms with Crippen molar-refractivity contribution in [3.8, 4) is 0 Å². The quantitative estimate of drug-likeness (QED) is 0.829. The van der Waals surface area contributed by atoms with Crippen LogP contribution in [0.2, 0.25) is 0 Å². The predicted octanol–water partition coefficient (Wildman–Crippen LogP) is 2.04. The van der Waals surface area contributed by atoms with Crippen LogP contribution in [-0.4, -0.2) is 44.8 Å². The monoisotopic (exact) mass is 279 g/mol. The van der Waals surface area contributed by atoms with Gasteiger partial charge in [-0.15, -0.1) is 0 Å². The van der Waals surface area contributed by atoms with Gasteiger partial charge in [0.05, 0.1) is 6.54 Å². The highest BCUT2D eigenvalue weighted by Gasteiger charge is 2.27. The number of hydrogen-bond acceptors (Lipinski definition) is 4. The Balaban J connectivity index is 2.02. The van der Waals surface area contributed by atoms with E-state index in [-0.39, 0.29) is 0 Å². The third-order valence-corrected chi connectivity index (χ3v) is 4.21. The minimum atomic E-state index is 0.631. The van der Waals surface area contributed by atoms with E-state index in [2.05, 4.69) is 41.1 Å². The molecule has 0 saturated carbocycles. The number of rotatable bonds is 7. The summed E-state index contributed by atoms with van der Waals surface area (Å²) in [7, 11) is 0. The minimum Gasteiger partial charge on any atom is -0.311 e. The first-order chi connectivity index (χ1) is 9.78. The summed E-state index contributed by atoms with van der Waals surface area (Å²) in [5.41, 5.74) is 0. The fraction of sp³-hybridized carbons (Fsp3) is 0.867. The lowest BCUT2D eigenvalue weighted by Gasteiger charge is -2.40. The van der Waals surface area contributed by atoms with Gasteiger partial charge in [0, 0.05) is 31.7 Å². The van der Waals surface area contributed by atoms with Crippen LogP contribution in [0.3, 0.4) is 0 Å². The molecule has 2 atom stereocenters. The lowest BCUT2D eigenvalue weighted by atomic mass is 10.0. The van der Waals surface area contributed by atoms with Crippen molar-refractivity contribution < 1.29 is 0 Å². The number of nitrogens with one attached hydrogen (secondary N) is 1. The van der Waals surface area contributed by atoms with Gasteiger partial charge in [-0.25, -0.2) is 9.67 Å². The average molecular weight is 279 g/mol. The number of piperazine rings is 1. The van der Waals surface area contributed by atoms with E-state index in [1.807, 2.05) is 4.68 Å². The standard InChI is InChI=1S/C15H29N5/c1-4-7-13-10-19(14(8-5-2)9-16-13)11-15-17-12-18-20(15)6-3/h12-14,16H,4-11H2,1-3H3. The molecule has 0 spiro atoms. The molecule has 1 saturated heterocycles. The molecule has 0 aromatic carbocycles. The largest absolute Gasteiger partial charge is 0.311 e. The van der Waals surface area contributed by atoms with Gasteiger partial charge in [0.2, 0.25) is 0 Å². The highest BCUT2D eigenvalue weighted by molar-refractivity contribution is 4.91. The average Bonchev–Trinajstić information content (AvgIpc) is 2.89. The molecule has 5 heteroatoms. The molecule has 1 aromatic rings. The van der Waals surface area contributed by atoms with Crippen LogP contribution in [0.15, 0.2) is 6.33 Å². The molecule has 2 rings (SSSR count). The second kappa shape index (κ2) is 7.74. The Morgan fingerprint density at radius 1 is 1.25 bits per heavy atom. The van der Waals surface area contributed by atoms with E-state index in [1.54, 1.807) is 6.33 Å². The van der Waals surface area contributed by atoms with Gasteiger partial charge in [-0.2, -0.15) is 5.10 Å². The maximum atomic E-state index is 4.44. The molecule has 1 fully saturated rings. The summed E-state index contributed by atoms with van der Waals surface area (Å²) >= 11 is 0. The molecular weight excluding hydrogens is 250 g/mol. The lowest BCUT2D eigenvalue weighted by molar-refractivity contribution is 0.107. The van der Waals surface area contributed by atoms with Gasteiger partial charge in [0.15, 0.2) is 0 Å². The van der Waals surface area contributed by atoms with Gasteiger partial charge in [-0.05, 0) is 19.8 Å². The summed E-state index contributed by atoms with van der Waals surface area (Å²) in [5, 5.41) is 8.00. The third-order valence-electron chi connectivity index (χ3n) is 4.21. The fourth-order valence-corrected chi connectivity index (χ4v) is 3.14. The molecule has 1 aliphatic heterocycles. The Morgan fingerprint density at radius 3 is 2.75 bits per heavy atom. The molecule has 1 N–H and O–H groups in total. The van der Waals surface area contributed by atoms with Crippen LogP contribution >= 0.6 is 0 Å². The Bertz CT molecular complexity index is 389. The van der Waals surface area contributed by atoms with E-state index < -0.39 is 0 Å². The first-order valence-electron chi connectivity index (χ1n) is 8.12. The fourth-order valence-electron chi connectivity index (χ4n) is 3.14. The zero-order chi connectivity index (χ0) is 14.4. The smallest absolute Gasteiger partial charge is 0.141 e. The maximum absolute atomic E-state index is 4.44. The number of aromatic nitrogens is 3. The normalized spacial score (nSPS) is 24.1. The summed E-state index contributed by atoms with van der Waals surface area (Å²) < 4.78 is 2.01. The second-order valence-corrected chi connectivity index (χ2v) is 5.76. The zero-order valence-corrected chi connectivity index (χ0v) is 13.2. The maximum Gasteiger partial charge on any atom is 0.141 e. The van der Waals surface area contributed by atoms with Crippen LogP contribution in [-0.2, 0) is 13.1 Å². The molecule has 0 amide bonds. The van der Waals surface area contributed by atoms with Crippen molar-refractivity contribution in [2.24, 2.45) is 0 Å². The Morgan fingerprint density at radius 2 is 2.05 bits per heavy atom. The summed E-state index contributed by atoms with van der Waals surface area (Å²) in [6.45, 7) is 10.7. The highest BCUT2D eigenvalue weighted by atomic mass is 15.4. The van der Waals surface area contributed by atoms with Crippen molar-refractivity contribution >= 4 is 0 Å². The van der Waals surface area contributed by atoms with Crippen LogP contribution in [0.25, 0.3) is 0 Å². The van der Waals surface area contributed by atoms with Crippen molar-refractivity contribution in [2.45, 2.75) is 71.6 Å². The number of nitrogens with zero attached hydrogens (tertiary/aromatic N) is 4. The summed E-state index contributed by atoms with van der Waals surface area (Å²) in [6, 6.07) is 1.27. The molecule has 1 aliphatic rings. The molecule has 2 unspecified atom stereocenters. The van der Waals surface area contributed by atoms with Crippen molar-refractivity contribution in [1.82, 2.24) is 25.0 Å². The van der Waals surface area contributed by atoms with Gasteiger partial charge in [0.25, 0.3) is 0 Å². The highest BCUT2D eigenvalue weighted by Crippen LogP contribution is 2.17. The van der Waals surface area contributed by atoms with Gasteiger partial charge in [-0.1, -0.05) is 26.7 Å². The third kappa shape index (κ3) is 3.79.